The summed E-state index contributed by atoms with van der Waals surface area (Å²) >= 11 is 0. The van der Waals surface area contributed by atoms with Gasteiger partial charge in [-0.15, -0.1) is 5.10 Å². The maximum absolute atomic E-state index is 13.1. The second-order valence-electron chi connectivity index (χ2n) is 7.25. The summed E-state index contributed by atoms with van der Waals surface area (Å²) in [6.45, 7) is 4.00. The van der Waals surface area contributed by atoms with E-state index in [1.807, 2.05) is 13.0 Å². The van der Waals surface area contributed by atoms with E-state index in [4.69, 9.17) is 0 Å². The second-order valence-corrected chi connectivity index (χ2v) is 7.25. The van der Waals surface area contributed by atoms with Gasteiger partial charge in [0.15, 0.2) is 5.82 Å². The molecule has 12 heteroatoms. The van der Waals surface area contributed by atoms with E-state index in [2.05, 4.69) is 15.1 Å². The van der Waals surface area contributed by atoms with E-state index < -0.39 is 29.0 Å². The maximum Gasteiger partial charge on any atom is 0.416 e. The SMILES string of the molecule is CCN(C(=O)/C=C\n1cnc(-c2cc(C(F)(F)F)cc(C(F)(F)F)c2)n1)C(C)c1cccnc1. The molecule has 1 aromatic carbocycles. The second kappa shape index (κ2) is 9.65. The third kappa shape index (κ3) is 5.80. The van der Waals surface area contributed by atoms with Crippen LogP contribution < -0.4 is 0 Å². The Hall–Kier alpha value is -3.70. The summed E-state index contributed by atoms with van der Waals surface area (Å²) in [7, 11) is 0. The van der Waals surface area contributed by atoms with Crippen LogP contribution in [0.4, 0.5) is 26.3 Å². The van der Waals surface area contributed by atoms with Crippen molar-refractivity contribution in [3.8, 4) is 11.4 Å². The van der Waals surface area contributed by atoms with Crippen LogP contribution in [0.5, 0.6) is 0 Å². The molecule has 3 aromatic rings. The zero-order valence-electron chi connectivity index (χ0n) is 18.0. The summed E-state index contributed by atoms with van der Waals surface area (Å²) in [5, 5.41) is 3.89. The molecular weight excluding hydrogens is 464 g/mol. The number of nitrogens with zero attached hydrogens (tertiary/aromatic N) is 5. The summed E-state index contributed by atoms with van der Waals surface area (Å²) in [4.78, 5) is 22.0. The average Bonchev–Trinajstić information content (AvgIpc) is 3.26. The molecule has 0 saturated heterocycles. The lowest BCUT2D eigenvalue weighted by molar-refractivity contribution is -0.143. The number of hydrogen-bond donors (Lipinski definition) is 0. The summed E-state index contributed by atoms with van der Waals surface area (Å²) < 4.78 is 79.6. The summed E-state index contributed by atoms with van der Waals surface area (Å²) in [6.07, 6.45) is -3.25. The van der Waals surface area contributed by atoms with Crippen molar-refractivity contribution in [2.24, 2.45) is 0 Å². The normalized spacial score (nSPS) is 13.3. The molecule has 34 heavy (non-hydrogen) atoms. The van der Waals surface area contributed by atoms with Gasteiger partial charge in [-0.25, -0.2) is 9.67 Å². The van der Waals surface area contributed by atoms with Crippen LogP contribution in [0.2, 0.25) is 0 Å². The highest BCUT2D eigenvalue weighted by Gasteiger charge is 2.37. The first-order chi connectivity index (χ1) is 15.9. The van der Waals surface area contributed by atoms with E-state index in [9.17, 15) is 31.1 Å². The fraction of sp³-hybridized carbons (Fsp3) is 0.273. The number of carbonyl (C=O) groups is 1. The zero-order chi connectivity index (χ0) is 25.1. The van der Waals surface area contributed by atoms with Crippen molar-refractivity contribution in [3.05, 3.63) is 71.8 Å². The van der Waals surface area contributed by atoms with Crippen molar-refractivity contribution in [1.29, 1.82) is 0 Å². The van der Waals surface area contributed by atoms with E-state index in [0.717, 1.165) is 16.6 Å². The van der Waals surface area contributed by atoms with Gasteiger partial charge in [-0.3, -0.25) is 9.78 Å². The molecule has 2 heterocycles. The zero-order valence-corrected chi connectivity index (χ0v) is 18.0. The third-order valence-electron chi connectivity index (χ3n) is 4.98. The minimum Gasteiger partial charge on any atom is -0.333 e. The molecule has 1 unspecified atom stereocenters. The van der Waals surface area contributed by atoms with Crippen LogP contribution in [0.15, 0.2) is 55.1 Å². The predicted octanol–water partition coefficient (Wildman–Crippen LogP) is 5.46. The highest BCUT2D eigenvalue weighted by atomic mass is 19.4. The molecule has 180 valence electrons. The third-order valence-corrected chi connectivity index (χ3v) is 4.98. The molecule has 1 amide bonds. The number of amides is 1. The lowest BCUT2D eigenvalue weighted by Gasteiger charge is -2.27. The fourth-order valence-corrected chi connectivity index (χ4v) is 3.22. The summed E-state index contributed by atoms with van der Waals surface area (Å²) in [5.74, 6) is -0.737. The van der Waals surface area contributed by atoms with Crippen molar-refractivity contribution >= 4 is 12.1 Å². The average molecular weight is 483 g/mol. The largest absolute Gasteiger partial charge is 0.416 e. The molecule has 0 saturated carbocycles. The van der Waals surface area contributed by atoms with Gasteiger partial charge in [-0.2, -0.15) is 26.3 Å². The number of aromatic nitrogens is 4. The number of likely N-dealkylation sites (N-methyl/N-ethyl adjacent to an activating group) is 1. The quantitative estimate of drug-likeness (QED) is 0.345. The minimum absolute atomic E-state index is 0.0296. The standard InChI is InChI=1S/C22H19F6N5O/c1-3-33(14(2)15-5-4-7-29-12-15)19(34)6-8-32-13-30-20(31-32)16-9-17(21(23,24)25)11-18(10-16)22(26,27)28/h4-14H,3H2,1-2H3/b8-6-. The Kier molecular flexibility index (Phi) is 7.08. The number of hydrogen-bond acceptors (Lipinski definition) is 4. The molecule has 2 aromatic heterocycles. The Morgan fingerprint density at radius 3 is 2.29 bits per heavy atom. The highest BCUT2D eigenvalue weighted by Crippen LogP contribution is 2.38. The van der Waals surface area contributed by atoms with Gasteiger partial charge in [0.05, 0.1) is 17.2 Å². The Bertz CT molecular complexity index is 1140. The van der Waals surface area contributed by atoms with Crippen LogP contribution >= 0.6 is 0 Å². The van der Waals surface area contributed by atoms with Crippen LogP contribution in [-0.2, 0) is 17.1 Å². The Balaban J connectivity index is 1.84. The Morgan fingerprint density at radius 2 is 1.76 bits per heavy atom. The summed E-state index contributed by atoms with van der Waals surface area (Å²) in [6, 6.07) is 4.39. The van der Waals surface area contributed by atoms with Gasteiger partial charge in [0.25, 0.3) is 0 Å². The number of halogens is 6. The summed E-state index contributed by atoms with van der Waals surface area (Å²) in [5.41, 5.74) is -2.58. The lowest BCUT2D eigenvalue weighted by Crippen LogP contribution is -2.32. The number of carbonyl (C=O) groups excluding carboxylic acids is 1. The van der Waals surface area contributed by atoms with Crippen LogP contribution in [0.3, 0.4) is 0 Å². The molecule has 0 radical (unpaired) electrons. The van der Waals surface area contributed by atoms with Crippen molar-refractivity contribution < 1.29 is 31.1 Å². The molecule has 0 aliphatic heterocycles. The topological polar surface area (TPSA) is 63.9 Å². The molecule has 1 atom stereocenters. The number of alkyl halides is 6. The predicted molar refractivity (Wildman–Crippen MR) is 111 cm³/mol. The molecule has 3 rings (SSSR count). The minimum atomic E-state index is -4.99. The highest BCUT2D eigenvalue weighted by molar-refractivity contribution is 5.90. The first-order valence-corrected chi connectivity index (χ1v) is 10.00. The first-order valence-electron chi connectivity index (χ1n) is 10.00. The number of rotatable bonds is 6. The number of benzene rings is 1. The fourth-order valence-electron chi connectivity index (χ4n) is 3.22. The van der Waals surface area contributed by atoms with Crippen molar-refractivity contribution in [3.63, 3.8) is 0 Å². The van der Waals surface area contributed by atoms with Crippen LogP contribution in [0, 0.1) is 0 Å². The number of pyridine rings is 1. The Labute approximate surface area is 190 Å². The van der Waals surface area contributed by atoms with Gasteiger partial charge in [-0.1, -0.05) is 6.07 Å². The molecule has 0 bridgehead atoms. The lowest BCUT2D eigenvalue weighted by atomic mass is 10.0. The van der Waals surface area contributed by atoms with E-state index in [-0.39, 0.29) is 23.8 Å². The molecular formula is C22H19F6N5O. The molecule has 6 nitrogen and oxygen atoms in total. The van der Waals surface area contributed by atoms with Gasteiger partial charge in [0, 0.05) is 36.8 Å². The monoisotopic (exact) mass is 483 g/mol. The molecule has 0 N–H and O–H groups in total. The van der Waals surface area contributed by atoms with E-state index in [0.29, 0.717) is 18.7 Å². The van der Waals surface area contributed by atoms with Gasteiger partial charge in [0.2, 0.25) is 5.91 Å². The molecule has 0 aliphatic rings. The van der Waals surface area contributed by atoms with Crippen molar-refractivity contribution in [2.75, 3.05) is 6.54 Å². The molecule has 0 fully saturated rings. The van der Waals surface area contributed by atoms with Gasteiger partial charge in [-0.05, 0) is 43.7 Å². The maximum atomic E-state index is 13.1. The van der Waals surface area contributed by atoms with Gasteiger partial charge >= 0.3 is 12.4 Å². The molecule has 0 aliphatic carbocycles. The van der Waals surface area contributed by atoms with Crippen molar-refractivity contribution in [1.82, 2.24) is 24.6 Å². The van der Waals surface area contributed by atoms with Crippen LogP contribution in [-0.4, -0.2) is 37.1 Å². The van der Waals surface area contributed by atoms with Gasteiger partial charge in [0.1, 0.15) is 6.33 Å². The van der Waals surface area contributed by atoms with E-state index >= 15 is 0 Å². The van der Waals surface area contributed by atoms with Crippen LogP contribution in [0.25, 0.3) is 17.6 Å². The Morgan fingerprint density at radius 1 is 1.12 bits per heavy atom. The van der Waals surface area contributed by atoms with E-state index in [1.54, 1.807) is 30.3 Å². The van der Waals surface area contributed by atoms with E-state index in [1.165, 1.54) is 12.3 Å². The smallest absolute Gasteiger partial charge is 0.333 e. The first kappa shape index (κ1) is 24.9. The molecule has 0 spiro atoms. The van der Waals surface area contributed by atoms with Gasteiger partial charge < -0.3 is 4.90 Å². The van der Waals surface area contributed by atoms with Crippen LogP contribution in [0.1, 0.15) is 36.6 Å². The van der Waals surface area contributed by atoms with Crippen molar-refractivity contribution in [2.45, 2.75) is 32.2 Å².